The summed E-state index contributed by atoms with van der Waals surface area (Å²) in [5.74, 6) is -0.143. The van der Waals surface area contributed by atoms with E-state index in [2.05, 4.69) is 6.92 Å². The van der Waals surface area contributed by atoms with Crippen molar-refractivity contribution in [1.82, 2.24) is 14.7 Å². The second-order valence-electron chi connectivity index (χ2n) is 5.84. The largest absolute Gasteiger partial charge is 0.342 e. The average molecular weight is 295 g/mol. The third-order valence-electron chi connectivity index (χ3n) is 4.54. The minimum absolute atomic E-state index is 0.0302. The predicted octanol–water partition coefficient (Wildman–Crippen LogP) is 0.468. The Kier molecular flexibility index (Phi) is 5.59. The van der Waals surface area contributed by atoms with Crippen LogP contribution in [-0.4, -0.2) is 71.7 Å². The zero-order valence-electron chi connectivity index (χ0n) is 12.8. The van der Waals surface area contributed by atoms with Gasteiger partial charge in [-0.25, -0.2) is 0 Å². The highest BCUT2D eigenvalue weighted by atomic mass is 16.2. The average Bonchev–Trinajstić information content (AvgIpc) is 2.54. The molecule has 1 atom stereocenters. The van der Waals surface area contributed by atoms with Crippen LogP contribution in [0, 0.1) is 0 Å². The summed E-state index contributed by atoms with van der Waals surface area (Å²) in [6, 6.07) is 0.297. The van der Waals surface area contributed by atoms with Gasteiger partial charge in [0.25, 0.3) is 0 Å². The van der Waals surface area contributed by atoms with Gasteiger partial charge in [-0.15, -0.1) is 0 Å². The smallest absolute Gasteiger partial charge is 0.232 e. The molecule has 2 aliphatic heterocycles. The fourth-order valence-electron chi connectivity index (χ4n) is 3.17. The number of nitrogens with zero attached hydrogens (tertiary/aromatic N) is 3. The molecule has 2 fully saturated rings. The molecule has 2 saturated heterocycles. The molecule has 3 amide bonds. The highest BCUT2D eigenvalue weighted by molar-refractivity contribution is 5.97. The minimum Gasteiger partial charge on any atom is -0.342 e. The molecule has 0 N–H and O–H groups in total. The lowest BCUT2D eigenvalue weighted by Gasteiger charge is -2.36. The number of carbonyl (C=O) groups is 3. The molecular formula is C15H25N3O3. The van der Waals surface area contributed by atoms with Crippen molar-refractivity contribution in [1.29, 1.82) is 0 Å². The van der Waals surface area contributed by atoms with Crippen LogP contribution >= 0.6 is 0 Å². The summed E-state index contributed by atoms with van der Waals surface area (Å²) in [6.45, 7) is 5.06. The minimum atomic E-state index is -0.106. The van der Waals surface area contributed by atoms with E-state index < -0.39 is 0 Å². The van der Waals surface area contributed by atoms with Crippen LogP contribution in [-0.2, 0) is 14.4 Å². The van der Waals surface area contributed by atoms with Gasteiger partial charge in [0.2, 0.25) is 18.2 Å². The second kappa shape index (κ2) is 7.43. The predicted molar refractivity (Wildman–Crippen MR) is 78.5 cm³/mol. The Morgan fingerprint density at radius 1 is 1.05 bits per heavy atom. The van der Waals surface area contributed by atoms with Crippen LogP contribution in [0.5, 0.6) is 0 Å². The first-order valence-electron chi connectivity index (χ1n) is 7.92. The molecule has 0 aromatic carbocycles. The van der Waals surface area contributed by atoms with Crippen molar-refractivity contribution in [3.05, 3.63) is 0 Å². The first-order chi connectivity index (χ1) is 10.2. The van der Waals surface area contributed by atoms with Crippen LogP contribution in [0.2, 0.25) is 0 Å². The molecule has 6 heteroatoms. The standard InChI is InChI=1S/C15H25N3O3/c1-2-13-5-3-4-6-18(13)15(21)11-14(20)17-9-7-16(12-19)8-10-17/h12-13H,2-11H2,1H3. The summed E-state index contributed by atoms with van der Waals surface area (Å²) < 4.78 is 0. The van der Waals surface area contributed by atoms with Crippen molar-refractivity contribution in [3.63, 3.8) is 0 Å². The Morgan fingerprint density at radius 3 is 2.38 bits per heavy atom. The molecule has 0 bridgehead atoms. The van der Waals surface area contributed by atoms with E-state index >= 15 is 0 Å². The van der Waals surface area contributed by atoms with Gasteiger partial charge in [0.15, 0.2) is 0 Å². The third-order valence-corrected chi connectivity index (χ3v) is 4.54. The molecule has 2 aliphatic rings. The number of hydrogen-bond acceptors (Lipinski definition) is 3. The number of rotatable bonds is 4. The molecule has 0 spiro atoms. The van der Waals surface area contributed by atoms with Gasteiger partial charge in [0, 0.05) is 38.8 Å². The number of amides is 3. The van der Waals surface area contributed by atoms with E-state index in [1.807, 2.05) is 4.90 Å². The van der Waals surface area contributed by atoms with Crippen LogP contribution in [0.4, 0.5) is 0 Å². The molecule has 2 rings (SSSR count). The van der Waals surface area contributed by atoms with Gasteiger partial charge < -0.3 is 14.7 Å². The van der Waals surface area contributed by atoms with Gasteiger partial charge >= 0.3 is 0 Å². The summed E-state index contributed by atoms with van der Waals surface area (Å²) in [6.07, 6.45) is 4.99. The highest BCUT2D eigenvalue weighted by Gasteiger charge is 2.28. The van der Waals surface area contributed by atoms with E-state index in [4.69, 9.17) is 0 Å². The maximum absolute atomic E-state index is 12.4. The van der Waals surface area contributed by atoms with E-state index in [9.17, 15) is 14.4 Å². The Balaban J connectivity index is 1.84. The number of piperidine rings is 1. The number of piperazine rings is 1. The fourth-order valence-corrected chi connectivity index (χ4v) is 3.17. The molecule has 0 aromatic heterocycles. The number of carbonyl (C=O) groups excluding carboxylic acids is 3. The van der Waals surface area contributed by atoms with Gasteiger partial charge in [-0.3, -0.25) is 14.4 Å². The fraction of sp³-hybridized carbons (Fsp3) is 0.800. The Bertz CT molecular complexity index is 392. The van der Waals surface area contributed by atoms with E-state index in [1.54, 1.807) is 9.80 Å². The topological polar surface area (TPSA) is 60.9 Å². The van der Waals surface area contributed by atoms with Crippen LogP contribution in [0.15, 0.2) is 0 Å². The summed E-state index contributed by atoms with van der Waals surface area (Å²) in [5.41, 5.74) is 0. The first-order valence-corrected chi connectivity index (χ1v) is 7.92. The van der Waals surface area contributed by atoms with E-state index in [1.165, 1.54) is 6.42 Å². The molecular weight excluding hydrogens is 270 g/mol. The van der Waals surface area contributed by atoms with Gasteiger partial charge in [-0.2, -0.15) is 0 Å². The number of likely N-dealkylation sites (tertiary alicyclic amines) is 1. The summed E-state index contributed by atoms with van der Waals surface area (Å²) in [5, 5.41) is 0. The van der Waals surface area contributed by atoms with Gasteiger partial charge in [0.05, 0.1) is 0 Å². The van der Waals surface area contributed by atoms with E-state index in [-0.39, 0.29) is 18.2 Å². The lowest BCUT2D eigenvalue weighted by molar-refractivity contribution is -0.144. The van der Waals surface area contributed by atoms with Crippen LogP contribution in [0.1, 0.15) is 39.0 Å². The summed E-state index contributed by atoms with van der Waals surface area (Å²) in [7, 11) is 0. The summed E-state index contributed by atoms with van der Waals surface area (Å²) in [4.78, 5) is 40.5. The maximum atomic E-state index is 12.4. The molecule has 0 aliphatic carbocycles. The zero-order valence-corrected chi connectivity index (χ0v) is 12.8. The monoisotopic (exact) mass is 295 g/mol. The first kappa shape index (κ1) is 15.8. The molecule has 0 radical (unpaired) electrons. The van der Waals surface area contributed by atoms with Crippen LogP contribution in [0.3, 0.4) is 0 Å². The number of hydrogen-bond donors (Lipinski definition) is 0. The SMILES string of the molecule is CCC1CCCCN1C(=O)CC(=O)N1CCN(C=O)CC1. The van der Waals surface area contributed by atoms with Gasteiger partial charge in [0.1, 0.15) is 6.42 Å². The summed E-state index contributed by atoms with van der Waals surface area (Å²) >= 11 is 0. The molecule has 21 heavy (non-hydrogen) atoms. The van der Waals surface area contributed by atoms with Crippen LogP contribution < -0.4 is 0 Å². The van der Waals surface area contributed by atoms with E-state index in [0.29, 0.717) is 32.2 Å². The normalized spacial score (nSPS) is 23.1. The third kappa shape index (κ3) is 3.95. The molecule has 0 saturated carbocycles. The lowest BCUT2D eigenvalue weighted by Crippen LogP contribution is -2.50. The van der Waals surface area contributed by atoms with Crippen molar-refractivity contribution >= 4 is 18.2 Å². The lowest BCUT2D eigenvalue weighted by atomic mass is 9.99. The van der Waals surface area contributed by atoms with Crippen molar-refractivity contribution in [3.8, 4) is 0 Å². The molecule has 118 valence electrons. The van der Waals surface area contributed by atoms with E-state index in [0.717, 1.165) is 32.2 Å². The second-order valence-corrected chi connectivity index (χ2v) is 5.84. The molecule has 6 nitrogen and oxygen atoms in total. The Hall–Kier alpha value is -1.59. The van der Waals surface area contributed by atoms with Gasteiger partial charge in [-0.05, 0) is 25.7 Å². The Labute approximate surface area is 126 Å². The van der Waals surface area contributed by atoms with Crippen molar-refractivity contribution in [2.24, 2.45) is 0 Å². The molecule has 1 unspecified atom stereocenters. The molecule has 2 heterocycles. The quantitative estimate of drug-likeness (QED) is 0.559. The van der Waals surface area contributed by atoms with Crippen molar-refractivity contribution in [2.75, 3.05) is 32.7 Å². The van der Waals surface area contributed by atoms with Crippen molar-refractivity contribution in [2.45, 2.75) is 45.1 Å². The Morgan fingerprint density at radius 2 is 1.76 bits per heavy atom. The highest BCUT2D eigenvalue weighted by Crippen LogP contribution is 2.20. The van der Waals surface area contributed by atoms with Crippen LogP contribution in [0.25, 0.3) is 0 Å². The zero-order chi connectivity index (χ0) is 15.2. The maximum Gasteiger partial charge on any atom is 0.232 e. The van der Waals surface area contributed by atoms with Gasteiger partial charge in [-0.1, -0.05) is 6.92 Å². The molecule has 0 aromatic rings. The van der Waals surface area contributed by atoms with Crippen molar-refractivity contribution < 1.29 is 14.4 Å².